The van der Waals surface area contributed by atoms with Crippen LogP contribution in [-0.4, -0.2) is 34.3 Å². The van der Waals surface area contributed by atoms with E-state index in [1.165, 1.54) is 11.6 Å². The summed E-state index contributed by atoms with van der Waals surface area (Å²) in [5.41, 5.74) is -0.0965. The van der Waals surface area contributed by atoms with Gasteiger partial charge in [0.2, 0.25) is 0 Å². The molecule has 2 rings (SSSR count). The molecular formula is C14H16N2O4. The zero-order valence-corrected chi connectivity index (χ0v) is 11.8. The molecule has 6 nitrogen and oxygen atoms in total. The molecule has 2 aromatic heterocycles. The first-order valence-electron chi connectivity index (χ1n) is 6.12. The number of fused-ring (bicyclic) bond motifs is 1. The van der Waals surface area contributed by atoms with Crippen LogP contribution >= 0.6 is 0 Å². The number of pyridine rings is 1. The van der Waals surface area contributed by atoms with Crippen LogP contribution in [0.15, 0.2) is 24.4 Å². The zero-order valence-electron chi connectivity index (χ0n) is 11.8. The standard InChI is InChI=1S/C14H16N2O4/c1-14(2,3)20-13(18)11-10(12(17)19-4)9-7-5-6-8-16(9)15-11/h5-8H,1-4H3. The van der Waals surface area contributed by atoms with Crippen LogP contribution in [-0.2, 0) is 9.47 Å². The number of esters is 2. The molecule has 0 saturated carbocycles. The minimum atomic E-state index is -0.666. The Balaban J connectivity index is 2.57. The highest BCUT2D eigenvalue weighted by molar-refractivity contribution is 6.07. The first-order chi connectivity index (χ1) is 9.33. The number of hydrogen-bond acceptors (Lipinski definition) is 5. The molecule has 0 N–H and O–H groups in total. The Morgan fingerprint density at radius 1 is 1.20 bits per heavy atom. The van der Waals surface area contributed by atoms with E-state index in [2.05, 4.69) is 5.10 Å². The largest absolute Gasteiger partial charge is 0.465 e. The van der Waals surface area contributed by atoms with Crippen molar-refractivity contribution in [3.8, 4) is 0 Å². The van der Waals surface area contributed by atoms with Crippen molar-refractivity contribution in [2.24, 2.45) is 0 Å². The van der Waals surface area contributed by atoms with Crippen LogP contribution in [0.2, 0.25) is 0 Å². The average molecular weight is 276 g/mol. The van der Waals surface area contributed by atoms with E-state index in [0.29, 0.717) is 5.52 Å². The molecule has 20 heavy (non-hydrogen) atoms. The van der Waals surface area contributed by atoms with Gasteiger partial charge in [-0.1, -0.05) is 6.07 Å². The molecule has 0 radical (unpaired) electrons. The van der Waals surface area contributed by atoms with E-state index in [0.717, 1.165) is 0 Å². The van der Waals surface area contributed by atoms with E-state index < -0.39 is 17.5 Å². The second kappa shape index (κ2) is 4.96. The van der Waals surface area contributed by atoms with E-state index in [9.17, 15) is 9.59 Å². The number of carbonyl (C=O) groups is 2. The highest BCUT2D eigenvalue weighted by Gasteiger charge is 2.28. The fraction of sp³-hybridized carbons (Fsp3) is 0.357. The summed E-state index contributed by atoms with van der Waals surface area (Å²) in [6, 6.07) is 5.19. The zero-order chi connectivity index (χ0) is 14.9. The number of carbonyl (C=O) groups excluding carboxylic acids is 2. The molecule has 0 aliphatic rings. The lowest BCUT2D eigenvalue weighted by atomic mass is 10.1. The molecular weight excluding hydrogens is 260 g/mol. The molecule has 0 aliphatic carbocycles. The van der Waals surface area contributed by atoms with Gasteiger partial charge in [0.05, 0.1) is 12.6 Å². The monoisotopic (exact) mass is 276 g/mol. The number of rotatable bonds is 2. The van der Waals surface area contributed by atoms with E-state index in [1.807, 2.05) is 0 Å². The predicted molar refractivity (Wildman–Crippen MR) is 71.7 cm³/mol. The molecule has 2 aromatic rings. The number of hydrogen-bond donors (Lipinski definition) is 0. The van der Waals surface area contributed by atoms with Gasteiger partial charge in [-0.25, -0.2) is 14.1 Å². The van der Waals surface area contributed by atoms with Crippen molar-refractivity contribution in [1.82, 2.24) is 9.61 Å². The van der Waals surface area contributed by atoms with Crippen molar-refractivity contribution < 1.29 is 19.1 Å². The van der Waals surface area contributed by atoms with Crippen LogP contribution in [0.4, 0.5) is 0 Å². The van der Waals surface area contributed by atoms with E-state index in [4.69, 9.17) is 9.47 Å². The Morgan fingerprint density at radius 2 is 1.90 bits per heavy atom. The Morgan fingerprint density at radius 3 is 2.50 bits per heavy atom. The summed E-state index contributed by atoms with van der Waals surface area (Å²) < 4.78 is 11.4. The summed E-state index contributed by atoms with van der Waals surface area (Å²) in [6.07, 6.45) is 1.65. The molecule has 106 valence electrons. The molecule has 0 amide bonds. The summed E-state index contributed by atoms with van der Waals surface area (Å²) in [5.74, 6) is -1.27. The fourth-order valence-corrected chi connectivity index (χ4v) is 1.77. The fourth-order valence-electron chi connectivity index (χ4n) is 1.77. The summed E-state index contributed by atoms with van der Waals surface area (Å²) in [6.45, 7) is 5.25. The Labute approximate surface area is 116 Å². The van der Waals surface area contributed by atoms with Crippen molar-refractivity contribution in [2.75, 3.05) is 7.11 Å². The Bertz CT molecular complexity index is 667. The summed E-state index contributed by atoms with van der Waals surface area (Å²) >= 11 is 0. The molecule has 0 fully saturated rings. The van der Waals surface area contributed by atoms with Crippen LogP contribution in [0.3, 0.4) is 0 Å². The van der Waals surface area contributed by atoms with Gasteiger partial charge < -0.3 is 9.47 Å². The number of ether oxygens (including phenoxy) is 2. The number of nitrogens with zero attached hydrogens (tertiary/aromatic N) is 2. The van der Waals surface area contributed by atoms with Gasteiger partial charge in [0.15, 0.2) is 5.69 Å². The van der Waals surface area contributed by atoms with Crippen LogP contribution in [0.5, 0.6) is 0 Å². The van der Waals surface area contributed by atoms with E-state index in [-0.39, 0.29) is 11.3 Å². The molecule has 6 heteroatoms. The van der Waals surface area contributed by atoms with Crippen molar-refractivity contribution in [1.29, 1.82) is 0 Å². The van der Waals surface area contributed by atoms with Crippen molar-refractivity contribution in [2.45, 2.75) is 26.4 Å². The third-order valence-electron chi connectivity index (χ3n) is 2.52. The molecule has 0 atom stereocenters. The lowest BCUT2D eigenvalue weighted by Gasteiger charge is -2.18. The first-order valence-corrected chi connectivity index (χ1v) is 6.12. The van der Waals surface area contributed by atoms with E-state index in [1.54, 1.807) is 45.2 Å². The first kappa shape index (κ1) is 14.0. The van der Waals surface area contributed by atoms with Crippen LogP contribution in [0.1, 0.15) is 41.6 Å². The highest BCUT2D eigenvalue weighted by Crippen LogP contribution is 2.20. The second-order valence-electron chi connectivity index (χ2n) is 5.25. The average Bonchev–Trinajstić information content (AvgIpc) is 2.75. The third-order valence-corrected chi connectivity index (χ3v) is 2.52. The Hall–Kier alpha value is -2.37. The molecule has 0 unspecified atom stereocenters. The maximum Gasteiger partial charge on any atom is 0.360 e. The van der Waals surface area contributed by atoms with Gasteiger partial charge in [0.1, 0.15) is 11.2 Å². The van der Waals surface area contributed by atoms with Crippen molar-refractivity contribution in [3.05, 3.63) is 35.7 Å². The number of aromatic nitrogens is 2. The lowest BCUT2D eigenvalue weighted by molar-refractivity contribution is 0.00583. The molecule has 0 saturated heterocycles. The SMILES string of the molecule is COC(=O)c1c(C(=O)OC(C)(C)C)nn2ccccc12. The van der Waals surface area contributed by atoms with E-state index >= 15 is 0 Å². The Kier molecular flexibility index (Phi) is 3.48. The topological polar surface area (TPSA) is 69.9 Å². The number of methoxy groups -OCH3 is 1. The third kappa shape index (κ3) is 2.64. The van der Waals surface area contributed by atoms with Gasteiger partial charge >= 0.3 is 11.9 Å². The molecule has 0 aromatic carbocycles. The molecule has 2 heterocycles. The van der Waals surface area contributed by atoms with Crippen LogP contribution < -0.4 is 0 Å². The van der Waals surface area contributed by atoms with Gasteiger partial charge in [-0.05, 0) is 32.9 Å². The van der Waals surface area contributed by atoms with Gasteiger partial charge in [0.25, 0.3) is 0 Å². The van der Waals surface area contributed by atoms with Gasteiger partial charge in [-0.15, -0.1) is 0 Å². The second-order valence-corrected chi connectivity index (χ2v) is 5.25. The minimum absolute atomic E-state index is 0.0435. The normalized spacial score (nSPS) is 11.4. The molecule has 0 aliphatic heterocycles. The highest BCUT2D eigenvalue weighted by atomic mass is 16.6. The van der Waals surface area contributed by atoms with Gasteiger partial charge in [-0.2, -0.15) is 5.10 Å². The van der Waals surface area contributed by atoms with Crippen molar-refractivity contribution >= 4 is 17.5 Å². The smallest absolute Gasteiger partial charge is 0.360 e. The van der Waals surface area contributed by atoms with Gasteiger partial charge in [-0.3, -0.25) is 0 Å². The quantitative estimate of drug-likeness (QED) is 0.785. The molecule has 0 bridgehead atoms. The van der Waals surface area contributed by atoms with Gasteiger partial charge in [0, 0.05) is 6.20 Å². The summed E-state index contributed by atoms with van der Waals surface area (Å²) in [7, 11) is 1.26. The summed E-state index contributed by atoms with van der Waals surface area (Å²) in [4.78, 5) is 24.1. The van der Waals surface area contributed by atoms with Crippen molar-refractivity contribution in [3.63, 3.8) is 0 Å². The van der Waals surface area contributed by atoms with Crippen LogP contribution in [0.25, 0.3) is 5.52 Å². The summed E-state index contributed by atoms with van der Waals surface area (Å²) in [5, 5.41) is 4.11. The van der Waals surface area contributed by atoms with Crippen LogP contribution in [0, 0.1) is 0 Å². The molecule has 0 spiro atoms. The predicted octanol–water partition coefficient (Wildman–Crippen LogP) is 2.08. The maximum absolute atomic E-state index is 12.2. The lowest BCUT2D eigenvalue weighted by Crippen LogP contribution is -2.25. The maximum atomic E-state index is 12.2. The minimum Gasteiger partial charge on any atom is -0.465 e.